The molecule has 1 fully saturated rings. The molecule has 0 saturated carbocycles. The second kappa shape index (κ2) is 7.23. The third kappa shape index (κ3) is 3.45. The van der Waals surface area contributed by atoms with Crippen LogP contribution in [0.4, 0.5) is 5.82 Å². The Bertz CT molecular complexity index is 873. The van der Waals surface area contributed by atoms with Crippen LogP contribution in [0.1, 0.15) is 30.9 Å². The van der Waals surface area contributed by atoms with E-state index in [1.165, 1.54) is 12.8 Å². The van der Waals surface area contributed by atoms with Gasteiger partial charge in [0.1, 0.15) is 17.5 Å². The molecule has 0 amide bonds. The SMILES string of the molecule is Cc1nc(C)n(C[C@H]2CCCCN2c2ccnc(-c3ccccc3)n2)n1. The lowest BCUT2D eigenvalue weighted by atomic mass is 10.0. The van der Waals surface area contributed by atoms with Crippen molar-refractivity contribution in [3.05, 3.63) is 54.2 Å². The monoisotopic (exact) mass is 348 g/mol. The lowest BCUT2D eigenvalue weighted by Crippen LogP contribution is -2.43. The maximum Gasteiger partial charge on any atom is 0.161 e. The van der Waals surface area contributed by atoms with Gasteiger partial charge >= 0.3 is 0 Å². The third-order valence-corrected chi connectivity index (χ3v) is 4.94. The first-order valence-corrected chi connectivity index (χ1v) is 9.24. The molecule has 2 aromatic heterocycles. The van der Waals surface area contributed by atoms with E-state index >= 15 is 0 Å². The van der Waals surface area contributed by atoms with Crippen LogP contribution in [0.5, 0.6) is 0 Å². The van der Waals surface area contributed by atoms with Crippen LogP contribution in [0.15, 0.2) is 42.6 Å². The summed E-state index contributed by atoms with van der Waals surface area (Å²) in [4.78, 5) is 16.2. The van der Waals surface area contributed by atoms with E-state index in [1.54, 1.807) is 0 Å². The van der Waals surface area contributed by atoms with E-state index in [4.69, 9.17) is 4.98 Å². The number of nitrogens with zero attached hydrogens (tertiary/aromatic N) is 6. The van der Waals surface area contributed by atoms with Gasteiger partial charge in [-0.3, -0.25) is 0 Å². The molecule has 6 nitrogen and oxygen atoms in total. The number of benzene rings is 1. The van der Waals surface area contributed by atoms with Crippen molar-refractivity contribution in [3.8, 4) is 11.4 Å². The van der Waals surface area contributed by atoms with Crippen molar-refractivity contribution in [2.24, 2.45) is 0 Å². The molecular weight excluding hydrogens is 324 g/mol. The van der Waals surface area contributed by atoms with Crippen LogP contribution >= 0.6 is 0 Å². The summed E-state index contributed by atoms with van der Waals surface area (Å²) in [5.74, 6) is 3.58. The van der Waals surface area contributed by atoms with Crippen molar-refractivity contribution in [1.29, 1.82) is 0 Å². The first-order valence-electron chi connectivity index (χ1n) is 9.24. The van der Waals surface area contributed by atoms with Crippen LogP contribution < -0.4 is 4.90 Å². The van der Waals surface area contributed by atoms with Crippen molar-refractivity contribution in [1.82, 2.24) is 24.7 Å². The Morgan fingerprint density at radius 3 is 2.65 bits per heavy atom. The van der Waals surface area contributed by atoms with Crippen LogP contribution in [0.3, 0.4) is 0 Å². The van der Waals surface area contributed by atoms with Crippen LogP contribution in [0.2, 0.25) is 0 Å². The highest BCUT2D eigenvalue weighted by Gasteiger charge is 2.25. The molecule has 0 bridgehead atoms. The Hall–Kier alpha value is -2.76. The maximum absolute atomic E-state index is 4.86. The van der Waals surface area contributed by atoms with Crippen molar-refractivity contribution >= 4 is 5.82 Å². The van der Waals surface area contributed by atoms with E-state index in [0.29, 0.717) is 6.04 Å². The van der Waals surface area contributed by atoms with Gasteiger partial charge in [-0.1, -0.05) is 30.3 Å². The van der Waals surface area contributed by atoms with E-state index in [-0.39, 0.29) is 0 Å². The summed E-state index contributed by atoms with van der Waals surface area (Å²) >= 11 is 0. The molecule has 3 heterocycles. The van der Waals surface area contributed by atoms with Crippen LogP contribution in [-0.4, -0.2) is 37.3 Å². The first kappa shape index (κ1) is 16.7. The second-order valence-corrected chi connectivity index (χ2v) is 6.84. The summed E-state index contributed by atoms with van der Waals surface area (Å²) in [6.07, 6.45) is 5.44. The molecule has 1 aliphatic rings. The molecular formula is C20H24N6. The highest BCUT2D eigenvalue weighted by molar-refractivity contribution is 5.57. The molecule has 134 valence electrons. The van der Waals surface area contributed by atoms with Gasteiger partial charge in [-0.05, 0) is 39.2 Å². The van der Waals surface area contributed by atoms with Gasteiger partial charge in [0.2, 0.25) is 0 Å². The fourth-order valence-electron chi connectivity index (χ4n) is 3.66. The fourth-order valence-corrected chi connectivity index (χ4v) is 3.66. The molecule has 26 heavy (non-hydrogen) atoms. The number of hydrogen-bond donors (Lipinski definition) is 0. The molecule has 1 saturated heterocycles. The summed E-state index contributed by atoms with van der Waals surface area (Å²) in [6.45, 7) is 5.82. The van der Waals surface area contributed by atoms with E-state index < -0.39 is 0 Å². The van der Waals surface area contributed by atoms with E-state index in [9.17, 15) is 0 Å². The minimum atomic E-state index is 0.377. The van der Waals surface area contributed by atoms with Gasteiger partial charge in [0.05, 0.1) is 12.6 Å². The zero-order chi connectivity index (χ0) is 17.9. The van der Waals surface area contributed by atoms with Gasteiger partial charge in [0, 0.05) is 18.3 Å². The smallest absolute Gasteiger partial charge is 0.161 e. The predicted molar refractivity (Wildman–Crippen MR) is 102 cm³/mol. The molecule has 0 aliphatic carbocycles. The van der Waals surface area contributed by atoms with E-state index in [2.05, 4.69) is 20.0 Å². The Morgan fingerprint density at radius 1 is 1.04 bits per heavy atom. The summed E-state index contributed by atoms with van der Waals surface area (Å²) in [5, 5.41) is 4.54. The van der Waals surface area contributed by atoms with Crippen LogP contribution in [-0.2, 0) is 6.54 Å². The molecule has 0 unspecified atom stereocenters. The first-order chi connectivity index (χ1) is 12.7. The van der Waals surface area contributed by atoms with E-state index in [1.807, 2.05) is 61.1 Å². The quantitative estimate of drug-likeness (QED) is 0.723. The van der Waals surface area contributed by atoms with Gasteiger partial charge in [0.25, 0.3) is 0 Å². The van der Waals surface area contributed by atoms with Gasteiger partial charge < -0.3 is 4.90 Å². The van der Waals surface area contributed by atoms with Crippen molar-refractivity contribution in [2.45, 2.75) is 45.7 Å². The summed E-state index contributed by atoms with van der Waals surface area (Å²) < 4.78 is 2.03. The number of aromatic nitrogens is 5. The Balaban J connectivity index is 1.61. The van der Waals surface area contributed by atoms with Gasteiger partial charge in [-0.25, -0.2) is 19.6 Å². The number of aryl methyl sites for hydroxylation is 2. The topological polar surface area (TPSA) is 59.7 Å². The summed E-state index contributed by atoms with van der Waals surface area (Å²) in [5.41, 5.74) is 1.05. The fraction of sp³-hybridized carbons (Fsp3) is 0.400. The zero-order valence-corrected chi connectivity index (χ0v) is 15.3. The van der Waals surface area contributed by atoms with Crippen LogP contribution in [0, 0.1) is 13.8 Å². The standard InChI is InChI=1S/C20H24N6/c1-15-22-16(2)26(24-15)14-18-10-6-7-13-25(18)19-11-12-21-20(23-19)17-8-4-3-5-9-17/h3-5,8-9,11-12,18H,6-7,10,13-14H2,1-2H3/t18-/m1/s1. The second-order valence-electron chi connectivity index (χ2n) is 6.84. The number of hydrogen-bond acceptors (Lipinski definition) is 5. The third-order valence-electron chi connectivity index (χ3n) is 4.94. The number of piperidine rings is 1. The zero-order valence-electron chi connectivity index (χ0n) is 15.3. The lowest BCUT2D eigenvalue weighted by Gasteiger charge is -2.36. The summed E-state index contributed by atoms with van der Waals surface area (Å²) in [6, 6.07) is 12.5. The van der Waals surface area contributed by atoms with Gasteiger partial charge in [0.15, 0.2) is 5.82 Å². The normalized spacial score (nSPS) is 17.5. The van der Waals surface area contributed by atoms with Crippen LogP contribution in [0.25, 0.3) is 11.4 Å². The maximum atomic E-state index is 4.86. The lowest BCUT2D eigenvalue weighted by molar-refractivity contribution is 0.392. The van der Waals surface area contributed by atoms with Crippen molar-refractivity contribution in [3.63, 3.8) is 0 Å². The highest BCUT2D eigenvalue weighted by Crippen LogP contribution is 2.26. The molecule has 0 spiro atoms. The minimum Gasteiger partial charge on any atom is -0.352 e. The van der Waals surface area contributed by atoms with Crippen molar-refractivity contribution < 1.29 is 0 Å². The van der Waals surface area contributed by atoms with E-state index in [0.717, 1.165) is 48.4 Å². The highest BCUT2D eigenvalue weighted by atomic mass is 15.4. The molecule has 6 heteroatoms. The molecule has 4 rings (SSSR count). The molecule has 1 aromatic carbocycles. The predicted octanol–water partition coefficient (Wildman–Crippen LogP) is 3.41. The largest absolute Gasteiger partial charge is 0.352 e. The molecule has 0 radical (unpaired) electrons. The van der Waals surface area contributed by atoms with Gasteiger partial charge in [-0.2, -0.15) is 5.10 Å². The van der Waals surface area contributed by atoms with Crippen molar-refractivity contribution in [2.75, 3.05) is 11.4 Å². The molecule has 1 atom stereocenters. The molecule has 1 aliphatic heterocycles. The average Bonchev–Trinajstić information content (AvgIpc) is 3.00. The number of rotatable bonds is 4. The van der Waals surface area contributed by atoms with Gasteiger partial charge in [-0.15, -0.1) is 0 Å². The Kier molecular flexibility index (Phi) is 4.65. The summed E-state index contributed by atoms with van der Waals surface area (Å²) in [7, 11) is 0. The molecule has 3 aromatic rings. The minimum absolute atomic E-state index is 0.377. The number of anilines is 1. The molecule has 0 N–H and O–H groups in total. The Morgan fingerprint density at radius 2 is 1.88 bits per heavy atom. The Labute approximate surface area is 153 Å². The average molecular weight is 348 g/mol.